The van der Waals surface area contributed by atoms with E-state index in [9.17, 15) is 5.11 Å². The third-order valence-corrected chi connectivity index (χ3v) is 6.23. The van der Waals surface area contributed by atoms with Crippen molar-refractivity contribution in [1.29, 1.82) is 0 Å². The van der Waals surface area contributed by atoms with Gasteiger partial charge in [-0.1, -0.05) is 17.7 Å². The Morgan fingerprint density at radius 1 is 0.964 bits per heavy atom. The molecule has 0 fully saturated rings. The zero-order valence-electron chi connectivity index (χ0n) is 16.8. The van der Waals surface area contributed by atoms with Crippen LogP contribution in [0.15, 0.2) is 48.7 Å². The van der Waals surface area contributed by atoms with Gasteiger partial charge in [0, 0.05) is 47.2 Å². The van der Waals surface area contributed by atoms with E-state index in [-0.39, 0.29) is 0 Å². The van der Waals surface area contributed by atoms with Crippen LogP contribution < -0.4 is 10.2 Å². The first-order valence-electron chi connectivity index (χ1n) is 10.1. The molecule has 2 aliphatic rings. The van der Waals surface area contributed by atoms with Crippen LogP contribution in [0.5, 0.6) is 5.75 Å². The predicted molar refractivity (Wildman–Crippen MR) is 122 cm³/mol. The van der Waals surface area contributed by atoms with E-state index in [4.69, 9.17) is 0 Å². The van der Waals surface area contributed by atoms with Crippen molar-refractivity contribution in [1.82, 2.24) is 4.57 Å². The summed E-state index contributed by atoms with van der Waals surface area (Å²) in [5.74, 6) is 0.505. The lowest BCUT2D eigenvalue weighted by Gasteiger charge is -2.37. The van der Waals surface area contributed by atoms with Crippen LogP contribution in [-0.4, -0.2) is 22.8 Å². The average molecular weight is 392 g/mol. The smallest absolute Gasteiger partial charge is 0.127 e. The molecule has 0 aliphatic carbocycles. The van der Waals surface area contributed by atoms with Gasteiger partial charge in [-0.2, -0.15) is 0 Å². The van der Waals surface area contributed by atoms with E-state index in [1.54, 1.807) is 0 Å². The molecule has 2 aromatic carbocycles. The summed E-state index contributed by atoms with van der Waals surface area (Å²) >= 11 is 0. The van der Waals surface area contributed by atoms with Crippen LogP contribution in [0.4, 0.5) is 5.69 Å². The number of aryl methyl sites for hydroxylation is 3. The van der Waals surface area contributed by atoms with Gasteiger partial charge in [0.2, 0.25) is 0 Å². The fourth-order valence-electron chi connectivity index (χ4n) is 4.33. The lowest BCUT2D eigenvalue weighted by molar-refractivity contribution is 0.467. The number of aromatic hydroxyl groups is 1. The molecule has 1 N–H and O–H groups in total. The van der Waals surface area contributed by atoms with Gasteiger partial charge in [-0.15, -0.1) is 9.24 Å². The van der Waals surface area contributed by atoms with Crippen LogP contribution in [0.25, 0.3) is 5.69 Å². The van der Waals surface area contributed by atoms with E-state index in [0.29, 0.717) is 5.75 Å². The maximum absolute atomic E-state index is 10.1. The van der Waals surface area contributed by atoms with E-state index in [1.807, 2.05) is 0 Å². The van der Waals surface area contributed by atoms with Crippen LogP contribution in [0.2, 0.25) is 0 Å². The first-order valence-corrected chi connectivity index (χ1v) is 10.7. The van der Waals surface area contributed by atoms with E-state index in [2.05, 4.69) is 81.2 Å². The van der Waals surface area contributed by atoms with Gasteiger partial charge in [0.05, 0.1) is 0 Å². The number of aromatic nitrogens is 1. The molecular formula is C24H29N2OP. The Morgan fingerprint density at radius 3 is 2.36 bits per heavy atom. The number of phenolic OH excluding ortho intramolecular Hbond substituents is 1. The Morgan fingerprint density at radius 2 is 1.68 bits per heavy atom. The highest BCUT2D eigenvalue weighted by Crippen LogP contribution is 2.39. The van der Waals surface area contributed by atoms with Crippen molar-refractivity contribution in [3.05, 3.63) is 71.0 Å². The largest absolute Gasteiger partial charge is 0.507 e. The quantitative estimate of drug-likeness (QED) is 0.609. The molecule has 3 aromatic rings. The van der Waals surface area contributed by atoms with Crippen molar-refractivity contribution < 1.29 is 5.11 Å². The Kier molecular flexibility index (Phi) is 5.46. The lowest BCUT2D eigenvalue weighted by Crippen LogP contribution is -2.35. The van der Waals surface area contributed by atoms with Crippen LogP contribution in [0.1, 0.15) is 35.2 Å². The SMILES string of the molecule is Cc1ccc(-n2cccc2C)cc1.Oc1c(P)cc2c3c1CCCN3CCC2. The molecule has 3 heterocycles. The number of phenols is 1. The molecular weight excluding hydrogens is 363 g/mol. The lowest BCUT2D eigenvalue weighted by atomic mass is 9.91. The predicted octanol–water partition coefficient (Wildman–Crippen LogP) is 4.69. The van der Waals surface area contributed by atoms with Gasteiger partial charge in [-0.05, 0) is 75.4 Å². The van der Waals surface area contributed by atoms with Crippen LogP contribution >= 0.6 is 9.24 Å². The van der Waals surface area contributed by atoms with Gasteiger partial charge in [0.15, 0.2) is 0 Å². The summed E-state index contributed by atoms with van der Waals surface area (Å²) in [5, 5.41) is 11.0. The standard InChI is InChI=1S/C12H16NOP.C12H13N/c14-12-9-4-2-6-13-5-1-3-8(11(9)13)7-10(12)15;1-10-5-7-12(8-6-10)13-9-3-4-11(13)2/h7,14H,1-6,15H2;3-9H,1-2H3. The van der Waals surface area contributed by atoms with Gasteiger partial charge < -0.3 is 14.6 Å². The van der Waals surface area contributed by atoms with Gasteiger partial charge in [0.1, 0.15) is 5.75 Å². The second-order valence-corrected chi connectivity index (χ2v) is 8.47. The maximum Gasteiger partial charge on any atom is 0.127 e. The Labute approximate surface area is 170 Å². The van der Waals surface area contributed by atoms with E-state index >= 15 is 0 Å². The molecule has 0 saturated heterocycles. The normalized spacial score (nSPS) is 14.9. The molecule has 0 bridgehead atoms. The fraction of sp³-hybridized carbons (Fsp3) is 0.333. The summed E-state index contributed by atoms with van der Waals surface area (Å²) in [4.78, 5) is 2.45. The number of nitrogens with zero attached hydrogens (tertiary/aromatic N) is 2. The van der Waals surface area contributed by atoms with Crippen molar-refractivity contribution in [3.63, 3.8) is 0 Å². The summed E-state index contributed by atoms with van der Waals surface area (Å²) in [5.41, 5.74) is 7.75. The highest BCUT2D eigenvalue weighted by molar-refractivity contribution is 7.27. The number of rotatable bonds is 1. The molecule has 4 heteroatoms. The van der Waals surface area contributed by atoms with Crippen molar-refractivity contribution in [2.24, 2.45) is 0 Å². The first kappa shape index (κ1) is 19.1. The highest BCUT2D eigenvalue weighted by atomic mass is 31.0. The second kappa shape index (κ2) is 8.01. The molecule has 28 heavy (non-hydrogen) atoms. The molecule has 0 radical (unpaired) electrons. The molecule has 3 nitrogen and oxygen atoms in total. The van der Waals surface area contributed by atoms with Crippen LogP contribution in [0, 0.1) is 13.8 Å². The summed E-state index contributed by atoms with van der Waals surface area (Å²) in [6.45, 7) is 6.54. The molecule has 1 aromatic heterocycles. The molecule has 1 unspecified atom stereocenters. The summed E-state index contributed by atoms with van der Waals surface area (Å²) in [7, 11) is 2.65. The molecule has 5 rings (SSSR count). The minimum absolute atomic E-state index is 0.505. The van der Waals surface area contributed by atoms with Crippen LogP contribution in [-0.2, 0) is 12.8 Å². The Balaban J connectivity index is 0.000000139. The second-order valence-electron chi connectivity index (χ2n) is 7.85. The molecule has 2 aliphatic heterocycles. The van der Waals surface area contributed by atoms with Gasteiger partial charge in [-0.25, -0.2) is 0 Å². The highest BCUT2D eigenvalue weighted by Gasteiger charge is 2.26. The Hall–Kier alpha value is -2.25. The number of benzene rings is 2. The molecule has 0 saturated carbocycles. The van der Waals surface area contributed by atoms with Gasteiger partial charge in [-0.3, -0.25) is 0 Å². The zero-order chi connectivity index (χ0) is 19.7. The summed E-state index contributed by atoms with van der Waals surface area (Å²) < 4.78 is 2.18. The van der Waals surface area contributed by atoms with E-state index < -0.39 is 0 Å². The summed E-state index contributed by atoms with van der Waals surface area (Å²) in [6.07, 6.45) is 6.71. The minimum atomic E-state index is 0.505. The monoisotopic (exact) mass is 392 g/mol. The van der Waals surface area contributed by atoms with Crippen molar-refractivity contribution >= 4 is 20.2 Å². The minimum Gasteiger partial charge on any atom is -0.507 e. The molecule has 0 spiro atoms. The first-order chi connectivity index (χ1) is 13.5. The van der Waals surface area contributed by atoms with Crippen molar-refractivity contribution in [2.45, 2.75) is 39.5 Å². The summed E-state index contributed by atoms with van der Waals surface area (Å²) in [6, 6.07) is 14.9. The van der Waals surface area contributed by atoms with Gasteiger partial charge >= 0.3 is 0 Å². The van der Waals surface area contributed by atoms with Gasteiger partial charge in [0.25, 0.3) is 0 Å². The van der Waals surface area contributed by atoms with E-state index in [0.717, 1.165) is 24.8 Å². The topological polar surface area (TPSA) is 28.4 Å². The van der Waals surface area contributed by atoms with Crippen LogP contribution in [0.3, 0.4) is 0 Å². The average Bonchev–Trinajstić information content (AvgIpc) is 3.13. The number of hydrogen-bond acceptors (Lipinski definition) is 2. The molecule has 1 atom stereocenters. The van der Waals surface area contributed by atoms with Crippen molar-refractivity contribution in [2.75, 3.05) is 18.0 Å². The molecule has 0 amide bonds. The molecule has 146 valence electrons. The third-order valence-electron chi connectivity index (χ3n) is 5.79. The zero-order valence-corrected chi connectivity index (χ0v) is 17.9. The Bertz CT molecular complexity index is 973. The van der Waals surface area contributed by atoms with Crippen molar-refractivity contribution in [3.8, 4) is 11.4 Å². The maximum atomic E-state index is 10.1. The number of anilines is 1. The third kappa shape index (κ3) is 3.69. The fourth-order valence-corrected chi connectivity index (χ4v) is 4.71. The van der Waals surface area contributed by atoms with E-state index in [1.165, 1.54) is 53.0 Å². The number of hydrogen-bond donors (Lipinski definition) is 1.